The molecule has 0 radical (unpaired) electrons. The van der Waals surface area contributed by atoms with Gasteiger partial charge in [-0.05, 0) is 57.0 Å². The Bertz CT molecular complexity index is 950. The first-order chi connectivity index (χ1) is 14.3. The highest BCUT2D eigenvalue weighted by molar-refractivity contribution is 8.00. The zero-order valence-corrected chi connectivity index (χ0v) is 21.4. The second-order valence-corrected chi connectivity index (χ2v) is 12.2. The Labute approximate surface area is 193 Å². The molecule has 1 aliphatic heterocycles. The summed E-state index contributed by atoms with van der Waals surface area (Å²) in [4.78, 5) is 27.7. The summed E-state index contributed by atoms with van der Waals surface area (Å²) in [5.74, 6) is 0.848. The number of thioether (sulfide) groups is 1. The third kappa shape index (κ3) is 5.00. The molecule has 0 saturated heterocycles. The lowest BCUT2D eigenvalue weighted by Crippen LogP contribution is -2.45. The molecular weight excluding hydrogens is 428 g/mol. The van der Waals surface area contributed by atoms with E-state index in [0.29, 0.717) is 5.75 Å². The summed E-state index contributed by atoms with van der Waals surface area (Å²) in [6.45, 7) is 16.6. The van der Waals surface area contributed by atoms with E-state index in [1.54, 1.807) is 28.0 Å². The molecule has 2 aromatic rings. The van der Waals surface area contributed by atoms with Crippen LogP contribution in [0, 0.1) is 0 Å². The lowest BCUT2D eigenvalue weighted by molar-refractivity contribution is -0.123. The number of amides is 2. The van der Waals surface area contributed by atoms with Gasteiger partial charge in [0.25, 0.3) is 0 Å². The van der Waals surface area contributed by atoms with Gasteiger partial charge in [0.15, 0.2) is 0 Å². The molecule has 1 unspecified atom stereocenters. The maximum Gasteiger partial charge on any atom is 0.240 e. The van der Waals surface area contributed by atoms with Gasteiger partial charge in [0.2, 0.25) is 11.8 Å². The van der Waals surface area contributed by atoms with Crippen molar-refractivity contribution in [1.82, 2.24) is 15.1 Å². The summed E-state index contributed by atoms with van der Waals surface area (Å²) in [6.07, 6.45) is 0. The van der Waals surface area contributed by atoms with Gasteiger partial charge in [-0.2, -0.15) is 16.4 Å². The number of fused-ring (bicyclic) bond motifs is 1. The second-order valence-electron chi connectivity index (χ2n) is 10.4. The van der Waals surface area contributed by atoms with Crippen LogP contribution in [0.5, 0.6) is 0 Å². The third-order valence-electron chi connectivity index (χ3n) is 5.03. The van der Waals surface area contributed by atoms with Crippen molar-refractivity contribution >= 4 is 40.7 Å². The van der Waals surface area contributed by atoms with E-state index < -0.39 is 0 Å². The highest BCUT2D eigenvalue weighted by atomic mass is 32.2. The summed E-state index contributed by atoms with van der Waals surface area (Å²) in [5.41, 5.74) is 2.64. The molecule has 170 valence electrons. The van der Waals surface area contributed by atoms with Crippen molar-refractivity contribution in [1.29, 1.82) is 0 Å². The van der Waals surface area contributed by atoms with Crippen LogP contribution >= 0.6 is 23.1 Å². The van der Waals surface area contributed by atoms with Crippen LogP contribution in [0.3, 0.4) is 0 Å². The minimum absolute atomic E-state index is 0.00585. The normalized spacial score (nSPS) is 17.6. The molecule has 1 N–H and O–H groups in total. The maximum atomic E-state index is 13.3. The first-order valence-electron chi connectivity index (χ1n) is 10.7. The highest BCUT2D eigenvalue weighted by Crippen LogP contribution is 2.49. The number of thiophene rings is 1. The van der Waals surface area contributed by atoms with Crippen LogP contribution in [0.15, 0.2) is 16.8 Å². The van der Waals surface area contributed by atoms with E-state index in [4.69, 9.17) is 5.10 Å². The van der Waals surface area contributed by atoms with Gasteiger partial charge in [0.05, 0.1) is 22.2 Å². The van der Waals surface area contributed by atoms with E-state index in [1.165, 1.54) is 5.56 Å². The fraction of sp³-hybridized carbons (Fsp3) is 0.609. The van der Waals surface area contributed by atoms with Crippen LogP contribution in [-0.2, 0) is 20.5 Å². The minimum atomic E-state index is -0.352. The fourth-order valence-corrected chi connectivity index (χ4v) is 5.70. The van der Waals surface area contributed by atoms with E-state index in [9.17, 15) is 9.59 Å². The number of nitrogens with zero attached hydrogens (tertiary/aromatic N) is 3. The van der Waals surface area contributed by atoms with Crippen LogP contribution in [0.4, 0.5) is 5.82 Å². The van der Waals surface area contributed by atoms with Crippen LogP contribution < -0.4 is 10.2 Å². The van der Waals surface area contributed by atoms with Gasteiger partial charge in [-0.15, -0.1) is 11.8 Å². The van der Waals surface area contributed by atoms with Crippen molar-refractivity contribution in [2.75, 3.05) is 17.2 Å². The van der Waals surface area contributed by atoms with Gasteiger partial charge >= 0.3 is 0 Å². The molecule has 0 bridgehead atoms. The molecule has 0 aromatic carbocycles. The highest BCUT2D eigenvalue weighted by Gasteiger charge is 2.41. The van der Waals surface area contributed by atoms with Crippen LogP contribution in [0.2, 0.25) is 0 Å². The fourth-order valence-electron chi connectivity index (χ4n) is 3.74. The molecule has 3 rings (SSSR count). The standard InChI is InChI=1S/C23H34N4O2S2/c1-14(2)24-16(28)11-26-17(29)13-31-19(15-9-10-30-12-15)18-20(22(3,4)5)25-27(21(18)26)23(6,7)8/h9-10,12,14,19H,11,13H2,1-8H3,(H,24,28). The molecule has 0 spiro atoms. The molecule has 0 aliphatic carbocycles. The molecule has 2 aromatic heterocycles. The largest absolute Gasteiger partial charge is 0.352 e. The van der Waals surface area contributed by atoms with Crippen molar-refractivity contribution < 1.29 is 9.59 Å². The first kappa shape index (κ1) is 23.9. The van der Waals surface area contributed by atoms with Crippen LogP contribution in [-0.4, -0.2) is 39.9 Å². The molecule has 0 fully saturated rings. The smallest absolute Gasteiger partial charge is 0.240 e. The molecule has 0 saturated carbocycles. The van der Waals surface area contributed by atoms with Crippen molar-refractivity contribution in [3.05, 3.63) is 33.6 Å². The van der Waals surface area contributed by atoms with Crippen molar-refractivity contribution in [3.8, 4) is 0 Å². The Balaban J connectivity index is 2.28. The van der Waals surface area contributed by atoms with Gasteiger partial charge in [0, 0.05) is 17.0 Å². The van der Waals surface area contributed by atoms with Gasteiger partial charge in [0.1, 0.15) is 12.4 Å². The topological polar surface area (TPSA) is 67.2 Å². The molecule has 2 amide bonds. The average molecular weight is 463 g/mol. The van der Waals surface area contributed by atoms with Crippen molar-refractivity contribution in [3.63, 3.8) is 0 Å². The monoisotopic (exact) mass is 462 g/mol. The summed E-state index contributed by atoms with van der Waals surface area (Å²) in [6, 6.07) is 2.14. The van der Waals surface area contributed by atoms with Gasteiger partial charge in [-0.1, -0.05) is 20.8 Å². The summed E-state index contributed by atoms with van der Waals surface area (Å²) in [7, 11) is 0. The molecule has 31 heavy (non-hydrogen) atoms. The van der Waals surface area contributed by atoms with Crippen LogP contribution in [0.25, 0.3) is 0 Å². The Hall–Kier alpha value is -1.80. The lowest BCUT2D eigenvalue weighted by atomic mass is 9.87. The van der Waals surface area contributed by atoms with Gasteiger partial charge in [-0.3, -0.25) is 14.5 Å². The Kier molecular flexibility index (Phi) is 6.63. The number of nitrogens with one attached hydrogen (secondary N) is 1. The predicted molar refractivity (Wildman–Crippen MR) is 130 cm³/mol. The Morgan fingerprint density at radius 3 is 2.45 bits per heavy atom. The third-order valence-corrected chi connectivity index (χ3v) is 6.99. The zero-order valence-electron chi connectivity index (χ0n) is 19.8. The van der Waals surface area contributed by atoms with Crippen molar-refractivity contribution in [2.24, 2.45) is 0 Å². The van der Waals surface area contributed by atoms with E-state index in [-0.39, 0.29) is 40.6 Å². The number of carbonyl (C=O) groups excluding carboxylic acids is 2. The minimum Gasteiger partial charge on any atom is -0.352 e. The SMILES string of the molecule is CC(C)NC(=O)CN1C(=O)CSC(c2ccsc2)c2c(C(C)(C)C)nn(C(C)(C)C)c21. The van der Waals surface area contributed by atoms with Gasteiger partial charge in [-0.25, -0.2) is 4.68 Å². The summed E-state index contributed by atoms with van der Waals surface area (Å²) in [5, 5.41) is 12.2. The number of carbonyl (C=O) groups is 2. The molecular formula is C23H34N4O2S2. The van der Waals surface area contributed by atoms with Crippen LogP contribution in [0.1, 0.15) is 77.5 Å². The molecule has 3 heterocycles. The summed E-state index contributed by atoms with van der Waals surface area (Å²) >= 11 is 3.28. The van der Waals surface area contributed by atoms with Gasteiger partial charge < -0.3 is 5.32 Å². The number of hydrogen-bond acceptors (Lipinski definition) is 5. The second kappa shape index (κ2) is 8.62. The average Bonchev–Trinajstić information content (AvgIpc) is 3.24. The number of rotatable bonds is 4. The number of anilines is 1. The van der Waals surface area contributed by atoms with E-state index in [1.807, 2.05) is 18.5 Å². The Morgan fingerprint density at radius 1 is 1.26 bits per heavy atom. The molecule has 1 atom stereocenters. The Morgan fingerprint density at radius 2 is 1.94 bits per heavy atom. The lowest BCUT2D eigenvalue weighted by Gasteiger charge is -2.29. The van der Waals surface area contributed by atoms with E-state index >= 15 is 0 Å². The number of hydrogen-bond donors (Lipinski definition) is 1. The molecule has 1 aliphatic rings. The molecule has 6 nitrogen and oxygen atoms in total. The van der Waals surface area contributed by atoms with E-state index in [0.717, 1.165) is 17.1 Å². The van der Waals surface area contributed by atoms with E-state index in [2.05, 4.69) is 63.7 Å². The van der Waals surface area contributed by atoms with Crippen molar-refractivity contribution in [2.45, 2.75) is 77.6 Å². The first-order valence-corrected chi connectivity index (χ1v) is 12.7. The quantitative estimate of drug-likeness (QED) is 0.716. The number of aromatic nitrogens is 2. The zero-order chi connectivity index (χ0) is 23.1. The molecule has 8 heteroatoms. The predicted octanol–water partition coefficient (Wildman–Crippen LogP) is 4.69. The maximum absolute atomic E-state index is 13.3. The summed E-state index contributed by atoms with van der Waals surface area (Å²) < 4.78 is 1.95.